The second-order valence-corrected chi connectivity index (χ2v) is 7.34. The zero-order valence-corrected chi connectivity index (χ0v) is 17.9. The van der Waals surface area contributed by atoms with Crippen LogP contribution in [0.1, 0.15) is 0 Å². The highest BCUT2D eigenvalue weighted by atomic mass is 16.5. The Kier molecular flexibility index (Phi) is 6.13. The van der Waals surface area contributed by atoms with Crippen LogP contribution in [-0.4, -0.2) is 56.2 Å². The Morgan fingerprint density at radius 1 is 1.28 bits per heavy atom. The first-order chi connectivity index (χ1) is 15.5. The number of rotatable bonds is 9. The Morgan fingerprint density at radius 2 is 2.16 bits per heavy atom. The van der Waals surface area contributed by atoms with Crippen LogP contribution in [0.5, 0.6) is 11.6 Å². The molecule has 1 amide bonds. The molecule has 0 fully saturated rings. The maximum absolute atomic E-state index is 11.6. The molecule has 10 heteroatoms. The third kappa shape index (κ3) is 5.10. The number of hydrogen-bond acceptors (Lipinski definition) is 7. The maximum Gasteiger partial charge on any atom is 0.247 e. The van der Waals surface area contributed by atoms with Crippen LogP contribution in [0.4, 0.5) is 17.3 Å². The minimum atomic E-state index is -0.296. The van der Waals surface area contributed by atoms with Crippen LogP contribution >= 0.6 is 0 Å². The van der Waals surface area contributed by atoms with Crippen LogP contribution in [0, 0.1) is 0 Å². The van der Waals surface area contributed by atoms with E-state index in [1.807, 2.05) is 31.0 Å². The second kappa shape index (κ2) is 9.31. The van der Waals surface area contributed by atoms with Crippen LogP contribution in [-0.2, 0) is 11.3 Å². The van der Waals surface area contributed by atoms with E-state index >= 15 is 0 Å². The molecule has 3 aromatic heterocycles. The molecule has 0 radical (unpaired) electrons. The lowest BCUT2D eigenvalue weighted by Gasteiger charge is -2.10. The van der Waals surface area contributed by atoms with Gasteiger partial charge in [0, 0.05) is 30.7 Å². The quantitative estimate of drug-likeness (QED) is 0.348. The van der Waals surface area contributed by atoms with Gasteiger partial charge in [-0.2, -0.15) is 15.1 Å². The molecule has 1 aromatic carbocycles. The Balaban J connectivity index is 1.56. The molecule has 3 N–H and O–H groups in total. The normalized spacial score (nSPS) is 11.0. The van der Waals surface area contributed by atoms with Gasteiger partial charge in [-0.1, -0.05) is 12.6 Å². The molecule has 0 aliphatic rings. The van der Waals surface area contributed by atoms with Crippen molar-refractivity contribution in [2.24, 2.45) is 0 Å². The summed E-state index contributed by atoms with van der Waals surface area (Å²) in [5, 5.41) is 11.0. The lowest BCUT2D eigenvalue weighted by Crippen LogP contribution is -2.18. The van der Waals surface area contributed by atoms with Crippen molar-refractivity contribution in [3.8, 4) is 11.6 Å². The SMILES string of the molecule is C=CC(=O)Nc1cccc(Oc2nc(Nc3cnn(CCN(C)C)c3)nc3[nH]ccc23)c1. The van der Waals surface area contributed by atoms with Gasteiger partial charge < -0.3 is 25.3 Å². The van der Waals surface area contributed by atoms with E-state index in [-0.39, 0.29) is 5.91 Å². The van der Waals surface area contributed by atoms with Crippen LogP contribution in [0.3, 0.4) is 0 Å². The molecule has 0 saturated carbocycles. The lowest BCUT2D eigenvalue weighted by molar-refractivity contribution is -0.111. The second-order valence-electron chi connectivity index (χ2n) is 7.34. The van der Waals surface area contributed by atoms with Gasteiger partial charge in [0.25, 0.3) is 0 Å². The summed E-state index contributed by atoms with van der Waals surface area (Å²) in [6.45, 7) is 5.12. The van der Waals surface area contributed by atoms with Gasteiger partial charge in [-0.05, 0) is 38.4 Å². The summed E-state index contributed by atoms with van der Waals surface area (Å²) in [7, 11) is 4.04. The van der Waals surface area contributed by atoms with Crippen LogP contribution in [0.25, 0.3) is 11.0 Å². The van der Waals surface area contributed by atoms with E-state index in [2.05, 4.69) is 42.2 Å². The van der Waals surface area contributed by atoms with Gasteiger partial charge in [-0.3, -0.25) is 9.48 Å². The highest BCUT2D eigenvalue weighted by molar-refractivity contribution is 5.99. The molecular weight excluding hydrogens is 408 g/mol. The van der Waals surface area contributed by atoms with Crippen molar-refractivity contribution in [1.29, 1.82) is 0 Å². The molecule has 4 aromatic rings. The minimum absolute atomic E-state index is 0.296. The first-order valence-electron chi connectivity index (χ1n) is 10.0. The first-order valence-corrected chi connectivity index (χ1v) is 10.0. The summed E-state index contributed by atoms with van der Waals surface area (Å²) in [6.07, 6.45) is 6.61. The highest BCUT2D eigenvalue weighted by Crippen LogP contribution is 2.30. The molecule has 0 spiro atoms. The van der Waals surface area contributed by atoms with Crippen LogP contribution < -0.4 is 15.4 Å². The maximum atomic E-state index is 11.6. The Labute approximate surface area is 184 Å². The number of amides is 1. The molecule has 0 atom stereocenters. The molecule has 10 nitrogen and oxygen atoms in total. The number of H-pyrrole nitrogens is 1. The number of anilines is 3. The molecule has 32 heavy (non-hydrogen) atoms. The van der Waals surface area contributed by atoms with Gasteiger partial charge in [0.1, 0.15) is 11.4 Å². The Bertz CT molecular complexity index is 1240. The van der Waals surface area contributed by atoms with Crippen LogP contribution in [0.2, 0.25) is 0 Å². The monoisotopic (exact) mass is 432 g/mol. The van der Waals surface area contributed by atoms with E-state index in [9.17, 15) is 4.79 Å². The summed E-state index contributed by atoms with van der Waals surface area (Å²) >= 11 is 0. The van der Waals surface area contributed by atoms with Crippen molar-refractivity contribution < 1.29 is 9.53 Å². The van der Waals surface area contributed by atoms with E-state index in [4.69, 9.17) is 4.74 Å². The van der Waals surface area contributed by atoms with Gasteiger partial charge in [0.2, 0.25) is 17.7 Å². The summed E-state index contributed by atoms with van der Waals surface area (Å²) < 4.78 is 7.90. The third-order valence-electron chi connectivity index (χ3n) is 4.55. The number of nitrogens with zero attached hydrogens (tertiary/aromatic N) is 5. The average Bonchev–Trinajstić information content (AvgIpc) is 3.42. The van der Waals surface area contributed by atoms with Crippen molar-refractivity contribution >= 4 is 34.3 Å². The number of carbonyl (C=O) groups excluding carboxylic acids is 1. The van der Waals surface area contributed by atoms with Crippen molar-refractivity contribution in [3.05, 3.63) is 61.6 Å². The molecule has 0 aliphatic heterocycles. The molecule has 0 bridgehead atoms. The number of ether oxygens (including phenoxy) is 1. The molecule has 0 unspecified atom stereocenters. The zero-order valence-electron chi connectivity index (χ0n) is 17.9. The summed E-state index contributed by atoms with van der Waals surface area (Å²) in [5.41, 5.74) is 2.00. The topological polar surface area (TPSA) is 113 Å². The standard InChI is InChI=1S/C22H24N8O2/c1-4-19(31)25-15-6-5-7-17(12-15)32-21-18-8-9-23-20(18)27-22(28-21)26-16-13-24-30(14-16)11-10-29(2)3/h4-9,12-14H,1,10-11H2,2-3H3,(H,25,31)(H2,23,26,27,28). The van der Waals surface area contributed by atoms with Crippen molar-refractivity contribution in [2.45, 2.75) is 6.54 Å². The predicted molar refractivity (Wildman–Crippen MR) is 123 cm³/mol. The highest BCUT2D eigenvalue weighted by Gasteiger charge is 2.12. The van der Waals surface area contributed by atoms with E-state index in [1.165, 1.54) is 6.08 Å². The number of aromatic amines is 1. The first kappa shape index (κ1) is 21.1. The minimum Gasteiger partial charge on any atom is -0.438 e. The van der Waals surface area contributed by atoms with Crippen LogP contribution in [0.15, 0.2) is 61.6 Å². The fourth-order valence-corrected chi connectivity index (χ4v) is 2.97. The van der Waals surface area contributed by atoms with Crippen molar-refractivity contribution in [3.63, 3.8) is 0 Å². The number of nitrogens with one attached hydrogen (secondary N) is 3. The van der Waals surface area contributed by atoms with E-state index < -0.39 is 0 Å². The fraction of sp³-hybridized carbons (Fsp3) is 0.182. The summed E-state index contributed by atoms with van der Waals surface area (Å²) in [4.78, 5) is 25.8. The zero-order chi connectivity index (χ0) is 22.5. The largest absolute Gasteiger partial charge is 0.438 e. The van der Waals surface area contributed by atoms with E-state index in [1.54, 1.807) is 36.7 Å². The molecule has 4 rings (SSSR count). The van der Waals surface area contributed by atoms with Gasteiger partial charge in [-0.15, -0.1) is 0 Å². The average molecular weight is 432 g/mol. The van der Waals surface area contributed by atoms with Crippen molar-refractivity contribution in [1.82, 2.24) is 29.6 Å². The van der Waals surface area contributed by atoms with Gasteiger partial charge in [0.15, 0.2) is 0 Å². The number of fused-ring (bicyclic) bond motifs is 1. The fourth-order valence-electron chi connectivity index (χ4n) is 2.97. The van der Waals surface area contributed by atoms with E-state index in [0.717, 1.165) is 24.2 Å². The molecule has 0 aliphatic carbocycles. The van der Waals surface area contributed by atoms with E-state index in [0.29, 0.717) is 28.9 Å². The van der Waals surface area contributed by atoms with Gasteiger partial charge in [0.05, 0.1) is 23.8 Å². The molecule has 3 heterocycles. The number of aromatic nitrogens is 5. The Morgan fingerprint density at radius 3 is 2.97 bits per heavy atom. The predicted octanol–water partition coefficient (Wildman–Crippen LogP) is 3.38. The summed E-state index contributed by atoms with van der Waals surface area (Å²) in [6, 6.07) is 8.89. The lowest BCUT2D eigenvalue weighted by atomic mass is 10.3. The number of likely N-dealkylation sites (N-methyl/N-ethyl adjacent to an activating group) is 1. The molecule has 164 valence electrons. The molecular formula is C22H24N8O2. The number of hydrogen-bond donors (Lipinski definition) is 3. The smallest absolute Gasteiger partial charge is 0.247 e. The van der Waals surface area contributed by atoms with Gasteiger partial charge >= 0.3 is 0 Å². The molecule has 0 saturated heterocycles. The van der Waals surface area contributed by atoms with Gasteiger partial charge in [-0.25, -0.2) is 0 Å². The summed E-state index contributed by atoms with van der Waals surface area (Å²) in [5.74, 6) is 0.981. The number of carbonyl (C=O) groups is 1. The third-order valence-corrected chi connectivity index (χ3v) is 4.55. The number of benzene rings is 1. The van der Waals surface area contributed by atoms with Crippen molar-refractivity contribution in [2.75, 3.05) is 31.3 Å². The Hall–Kier alpha value is -4.18.